The van der Waals surface area contributed by atoms with Gasteiger partial charge in [0.15, 0.2) is 5.69 Å². The van der Waals surface area contributed by atoms with Gasteiger partial charge in [0.2, 0.25) is 0 Å². The van der Waals surface area contributed by atoms with Crippen molar-refractivity contribution in [3.63, 3.8) is 0 Å². The zero-order valence-corrected chi connectivity index (χ0v) is 15.0. The van der Waals surface area contributed by atoms with Gasteiger partial charge in [0, 0.05) is 17.5 Å². The number of nitrogen functional groups attached to an aromatic ring is 1. The molecule has 4 aromatic rings. The minimum absolute atomic E-state index is 0.113. The summed E-state index contributed by atoms with van der Waals surface area (Å²) in [4.78, 5) is 20.5. The van der Waals surface area contributed by atoms with Crippen molar-refractivity contribution in [1.82, 2.24) is 20.2 Å². The molecular weight excluding hydrogens is 340 g/mol. The standard InChI is InChI=1S/C20H20N6O/c1-2-3-8-17-23-15-10-9-12(11-16(15)24-17)22-20(27)19-18(21)13-6-4-5-7-14(13)25-26-19/h4-7,9-11H,2-3,8H2,1H3,(H2,21,25)(H,22,27)(H,23,24). The molecule has 2 aromatic heterocycles. The van der Waals surface area contributed by atoms with E-state index in [4.69, 9.17) is 5.73 Å². The SMILES string of the molecule is CCCCc1nc2ccc(NC(=O)c3nnc4ccccc4c3N)cc2[nH]1. The predicted molar refractivity (Wildman–Crippen MR) is 107 cm³/mol. The fourth-order valence-corrected chi connectivity index (χ4v) is 3.03. The van der Waals surface area contributed by atoms with Crippen molar-refractivity contribution in [3.8, 4) is 0 Å². The first-order chi connectivity index (χ1) is 13.2. The third kappa shape index (κ3) is 3.31. The lowest BCUT2D eigenvalue weighted by molar-refractivity contribution is 0.102. The second-order valence-corrected chi connectivity index (χ2v) is 6.45. The zero-order chi connectivity index (χ0) is 18.8. The number of benzene rings is 2. The molecule has 7 nitrogen and oxygen atoms in total. The molecule has 0 bridgehead atoms. The number of imidazole rings is 1. The van der Waals surface area contributed by atoms with Crippen molar-refractivity contribution in [2.24, 2.45) is 0 Å². The van der Waals surface area contributed by atoms with Crippen LogP contribution in [0.25, 0.3) is 21.9 Å². The van der Waals surface area contributed by atoms with Gasteiger partial charge in [-0.15, -0.1) is 10.2 Å². The Morgan fingerprint density at radius 1 is 1.15 bits per heavy atom. The zero-order valence-electron chi connectivity index (χ0n) is 15.0. The lowest BCUT2D eigenvalue weighted by Gasteiger charge is -2.08. The van der Waals surface area contributed by atoms with E-state index in [0.717, 1.165) is 36.1 Å². The topological polar surface area (TPSA) is 110 Å². The highest BCUT2D eigenvalue weighted by molar-refractivity contribution is 6.10. The molecule has 0 saturated carbocycles. The summed E-state index contributed by atoms with van der Waals surface area (Å²) in [7, 11) is 0. The molecule has 136 valence electrons. The van der Waals surface area contributed by atoms with Gasteiger partial charge in [-0.1, -0.05) is 31.5 Å². The highest BCUT2D eigenvalue weighted by Gasteiger charge is 2.16. The van der Waals surface area contributed by atoms with E-state index in [1.54, 1.807) is 0 Å². The number of carbonyl (C=O) groups is 1. The highest BCUT2D eigenvalue weighted by Crippen LogP contribution is 2.23. The average Bonchev–Trinajstić information content (AvgIpc) is 3.09. The summed E-state index contributed by atoms with van der Waals surface area (Å²) in [5, 5.41) is 11.6. The van der Waals surface area contributed by atoms with Gasteiger partial charge in [0.05, 0.1) is 22.2 Å². The van der Waals surface area contributed by atoms with Gasteiger partial charge in [0.1, 0.15) is 5.82 Å². The van der Waals surface area contributed by atoms with Crippen LogP contribution in [0.1, 0.15) is 36.1 Å². The third-order valence-electron chi connectivity index (χ3n) is 4.48. The maximum atomic E-state index is 12.6. The van der Waals surface area contributed by atoms with Gasteiger partial charge in [-0.25, -0.2) is 4.98 Å². The third-order valence-corrected chi connectivity index (χ3v) is 4.48. The molecule has 0 atom stereocenters. The first-order valence-electron chi connectivity index (χ1n) is 8.96. The molecule has 0 radical (unpaired) electrons. The van der Waals surface area contributed by atoms with Crippen LogP contribution in [0, 0.1) is 0 Å². The molecule has 4 rings (SSSR count). The molecule has 0 aliphatic heterocycles. The van der Waals surface area contributed by atoms with E-state index >= 15 is 0 Å². The number of aromatic nitrogens is 4. The molecule has 0 unspecified atom stereocenters. The molecule has 0 saturated heterocycles. The Bertz CT molecular complexity index is 1130. The summed E-state index contributed by atoms with van der Waals surface area (Å²) in [5.74, 6) is 0.566. The number of hydrogen-bond acceptors (Lipinski definition) is 5. The number of unbranched alkanes of at least 4 members (excludes halogenated alkanes) is 1. The van der Waals surface area contributed by atoms with Crippen molar-refractivity contribution in [3.05, 3.63) is 54.0 Å². The van der Waals surface area contributed by atoms with Crippen molar-refractivity contribution in [2.45, 2.75) is 26.2 Å². The van der Waals surface area contributed by atoms with Crippen LogP contribution in [0.5, 0.6) is 0 Å². The molecule has 2 heterocycles. The molecule has 0 aliphatic rings. The number of H-pyrrole nitrogens is 1. The summed E-state index contributed by atoms with van der Waals surface area (Å²) in [6.07, 6.45) is 3.12. The van der Waals surface area contributed by atoms with E-state index in [1.165, 1.54) is 0 Å². The Morgan fingerprint density at radius 3 is 2.85 bits per heavy atom. The number of anilines is 2. The van der Waals surface area contributed by atoms with E-state index in [-0.39, 0.29) is 5.69 Å². The van der Waals surface area contributed by atoms with Crippen LogP contribution in [0.2, 0.25) is 0 Å². The van der Waals surface area contributed by atoms with Gasteiger partial charge < -0.3 is 16.0 Å². The van der Waals surface area contributed by atoms with Gasteiger partial charge in [-0.05, 0) is 30.7 Å². The normalized spacial score (nSPS) is 11.1. The van der Waals surface area contributed by atoms with Crippen LogP contribution in [0.3, 0.4) is 0 Å². The maximum Gasteiger partial charge on any atom is 0.278 e. The fourth-order valence-electron chi connectivity index (χ4n) is 3.03. The number of nitrogens with two attached hydrogens (primary N) is 1. The molecule has 0 spiro atoms. The van der Waals surface area contributed by atoms with Crippen LogP contribution < -0.4 is 11.1 Å². The second-order valence-electron chi connectivity index (χ2n) is 6.45. The summed E-state index contributed by atoms with van der Waals surface area (Å²) in [6.45, 7) is 2.15. The molecule has 0 fully saturated rings. The minimum atomic E-state index is -0.393. The van der Waals surface area contributed by atoms with Gasteiger partial charge in [0.25, 0.3) is 5.91 Å². The number of aryl methyl sites for hydroxylation is 1. The number of aromatic amines is 1. The van der Waals surface area contributed by atoms with Crippen molar-refractivity contribution >= 4 is 39.2 Å². The summed E-state index contributed by atoms with van der Waals surface area (Å²) < 4.78 is 0. The maximum absolute atomic E-state index is 12.6. The largest absolute Gasteiger partial charge is 0.396 e. The predicted octanol–water partition coefficient (Wildman–Crippen LogP) is 3.68. The second kappa shape index (κ2) is 7.03. The van der Waals surface area contributed by atoms with Crippen LogP contribution >= 0.6 is 0 Å². The fraction of sp³-hybridized carbons (Fsp3) is 0.200. The average molecular weight is 360 g/mol. The quantitative estimate of drug-likeness (QED) is 0.503. The Balaban J connectivity index is 1.60. The number of hydrogen-bond donors (Lipinski definition) is 3. The molecule has 7 heteroatoms. The lowest BCUT2D eigenvalue weighted by atomic mass is 10.1. The molecule has 2 aromatic carbocycles. The number of amides is 1. The highest BCUT2D eigenvalue weighted by atomic mass is 16.1. The number of rotatable bonds is 5. The van der Waals surface area contributed by atoms with E-state index in [1.807, 2.05) is 42.5 Å². The van der Waals surface area contributed by atoms with E-state index < -0.39 is 5.91 Å². The molecular formula is C20H20N6O. The Kier molecular flexibility index (Phi) is 4.42. The first-order valence-corrected chi connectivity index (χ1v) is 8.96. The van der Waals surface area contributed by atoms with E-state index in [2.05, 4.69) is 32.4 Å². The van der Waals surface area contributed by atoms with Crippen LogP contribution in [0.4, 0.5) is 11.4 Å². The number of nitrogens with zero attached hydrogens (tertiary/aromatic N) is 3. The van der Waals surface area contributed by atoms with Gasteiger partial charge >= 0.3 is 0 Å². The van der Waals surface area contributed by atoms with E-state index in [0.29, 0.717) is 22.3 Å². The number of carbonyl (C=O) groups excluding carboxylic acids is 1. The van der Waals surface area contributed by atoms with Crippen molar-refractivity contribution in [1.29, 1.82) is 0 Å². The van der Waals surface area contributed by atoms with Gasteiger partial charge in [-0.3, -0.25) is 4.79 Å². The molecule has 1 amide bonds. The Morgan fingerprint density at radius 2 is 2.00 bits per heavy atom. The molecule has 27 heavy (non-hydrogen) atoms. The van der Waals surface area contributed by atoms with E-state index in [9.17, 15) is 4.79 Å². The summed E-state index contributed by atoms with van der Waals surface area (Å²) >= 11 is 0. The van der Waals surface area contributed by atoms with Crippen LogP contribution in [-0.2, 0) is 6.42 Å². The number of fused-ring (bicyclic) bond motifs is 2. The van der Waals surface area contributed by atoms with Gasteiger partial charge in [-0.2, -0.15) is 0 Å². The summed E-state index contributed by atoms with van der Waals surface area (Å²) in [6, 6.07) is 12.9. The molecule has 4 N–H and O–H groups in total. The van der Waals surface area contributed by atoms with Crippen molar-refractivity contribution in [2.75, 3.05) is 11.1 Å². The lowest BCUT2D eigenvalue weighted by Crippen LogP contribution is -2.17. The van der Waals surface area contributed by atoms with Crippen LogP contribution in [0.15, 0.2) is 42.5 Å². The minimum Gasteiger partial charge on any atom is -0.396 e. The number of nitrogens with one attached hydrogen (secondary N) is 2. The van der Waals surface area contributed by atoms with Crippen LogP contribution in [-0.4, -0.2) is 26.1 Å². The molecule has 0 aliphatic carbocycles. The monoisotopic (exact) mass is 360 g/mol. The first kappa shape index (κ1) is 17.0. The Labute approximate surface area is 156 Å². The van der Waals surface area contributed by atoms with Crippen molar-refractivity contribution < 1.29 is 4.79 Å². The summed E-state index contributed by atoms with van der Waals surface area (Å²) in [5.41, 5.74) is 9.64. The Hall–Kier alpha value is -3.48. The smallest absolute Gasteiger partial charge is 0.278 e.